The second kappa shape index (κ2) is 5.55. The number of rotatable bonds is 4. The van der Waals surface area contributed by atoms with E-state index < -0.39 is 0 Å². The van der Waals surface area contributed by atoms with Gasteiger partial charge in [-0.25, -0.2) is 0 Å². The summed E-state index contributed by atoms with van der Waals surface area (Å²) in [6.07, 6.45) is 0. The minimum absolute atomic E-state index is 0.119. The van der Waals surface area contributed by atoms with Crippen LogP contribution in [-0.2, 0) is 6.54 Å². The highest BCUT2D eigenvalue weighted by molar-refractivity contribution is 7.12. The lowest BCUT2D eigenvalue weighted by atomic mass is 10.2. The fourth-order valence-electron chi connectivity index (χ4n) is 1.50. The Morgan fingerprint density at radius 2 is 2.22 bits per heavy atom. The van der Waals surface area contributed by atoms with E-state index >= 15 is 0 Å². The zero-order valence-corrected chi connectivity index (χ0v) is 10.8. The molecule has 1 amide bonds. The summed E-state index contributed by atoms with van der Waals surface area (Å²) in [6.45, 7) is 0.422. The first-order valence-corrected chi connectivity index (χ1v) is 6.33. The van der Waals surface area contributed by atoms with Gasteiger partial charge in [-0.15, -0.1) is 11.3 Å². The number of anilines is 1. The van der Waals surface area contributed by atoms with E-state index in [1.807, 2.05) is 24.3 Å². The molecule has 0 aliphatic carbocycles. The fraction of sp³-hybridized carbons (Fsp3) is 0.154. The van der Waals surface area contributed by atoms with E-state index in [2.05, 4.69) is 5.32 Å². The Morgan fingerprint density at radius 3 is 2.89 bits per heavy atom. The van der Waals surface area contributed by atoms with Gasteiger partial charge in [0.2, 0.25) is 0 Å². The van der Waals surface area contributed by atoms with E-state index in [1.165, 1.54) is 11.3 Å². The number of hydrogen-bond donors (Lipinski definition) is 2. The molecule has 1 heterocycles. The molecule has 5 heteroatoms. The number of ether oxygens (including phenoxy) is 1. The number of para-hydroxylation sites is 1. The van der Waals surface area contributed by atoms with Crippen LogP contribution < -0.4 is 15.8 Å². The Morgan fingerprint density at radius 1 is 1.44 bits per heavy atom. The van der Waals surface area contributed by atoms with Crippen LogP contribution in [-0.4, -0.2) is 13.0 Å². The molecule has 1 aromatic carbocycles. The monoisotopic (exact) mass is 262 g/mol. The van der Waals surface area contributed by atoms with Crippen molar-refractivity contribution >= 4 is 22.9 Å². The van der Waals surface area contributed by atoms with Gasteiger partial charge >= 0.3 is 0 Å². The Hall–Kier alpha value is -2.01. The van der Waals surface area contributed by atoms with Crippen LogP contribution in [0.2, 0.25) is 0 Å². The number of amides is 1. The van der Waals surface area contributed by atoms with Crippen LogP contribution in [0.15, 0.2) is 35.7 Å². The molecule has 2 aromatic rings. The van der Waals surface area contributed by atoms with Gasteiger partial charge in [-0.3, -0.25) is 4.79 Å². The molecule has 0 aliphatic rings. The smallest absolute Gasteiger partial charge is 0.261 e. The lowest BCUT2D eigenvalue weighted by molar-refractivity contribution is 0.0955. The second-order valence-electron chi connectivity index (χ2n) is 3.73. The number of methoxy groups -OCH3 is 1. The number of thiophene rings is 1. The molecule has 0 atom stereocenters. The van der Waals surface area contributed by atoms with E-state index in [0.29, 0.717) is 22.9 Å². The minimum Gasteiger partial charge on any atom is -0.496 e. The van der Waals surface area contributed by atoms with E-state index in [1.54, 1.807) is 18.6 Å². The van der Waals surface area contributed by atoms with Crippen LogP contribution in [0.25, 0.3) is 0 Å². The first-order chi connectivity index (χ1) is 8.70. The highest BCUT2D eigenvalue weighted by Gasteiger charge is 2.09. The van der Waals surface area contributed by atoms with Gasteiger partial charge in [0, 0.05) is 23.7 Å². The molecule has 0 fully saturated rings. The molecule has 18 heavy (non-hydrogen) atoms. The minimum atomic E-state index is -0.119. The Labute approximate surface area is 109 Å². The number of nitrogens with one attached hydrogen (secondary N) is 1. The third-order valence-corrected chi connectivity index (χ3v) is 3.44. The SMILES string of the molecule is COc1csc(C(=O)NCc2ccccc2N)c1. The van der Waals surface area contributed by atoms with E-state index in [4.69, 9.17) is 10.5 Å². The van der Waals surface area contributed by atoms with Crippen molar-refractivity contribution < 1.29 is 9.53 Å². The standard InChI is InChI=1S/C13H14N2O2S/c1-17-10-6-12(18-8-10)13(16)15-7-9-4-2-3-5-11(9)14/h2-6,8H,7,14H2,1H3,(H,15,16). The summed E-state index contributed by atoms with van der Waals surface area (Å²) in [5.41, 5.74) is 7.40. The molecule has 0 unspecified atom stereocenters. The Bertz CT molecular complexity index is 551. The summed E-state index contributed by atoms with van der Waals surface area (Å²) in [6, 6.07) is 9.19. The van der Waals surface area contributed by atoms with Crippen molar-refractivity contribution in [3.63, 3.8) is 0 Å². The fourth-order valence-corrected chi connectivity index (χ4v) is 2.27. The Kier molecular flexibility index (Phi) is 3.84. The van der Waals surface area contributed by atoms with Gasteiger partial charge in [-0.1, -0.05) is 18.2 Å². The van der Waals surface area contributed by atoms with Crippen LogP contribution >= 0.6 is 11.3 Å². The molecule has 0 saturated heterocycles. The molecular formula is C13H14N2O2S. The van der Waals surface area contributed by atoms with Crippen molar-refractivity contribution in [1.29, 1.82) is 0 Å². The normalized spacial score (nSPS) is 10.1. The first-order valence-electron chi connectivity index (χ1n) is 5.45. The van der Waals surface area contributed by atoms with Crippen molar-refractivity contribution in [2.24, 2.45) is 0 Å². The molecule has 0 radical (unpaired) electrons. The van der Waals surface area contributed by atoms with Gasteiger partial charge < -0.3 is 15.8 Å². The van der Waals surface area contributed by atoms with E-state index in [9.17, 15) is 4.79 Å². The largest absolute Gasteiger partial charge is 0.496 e. The molecule has 1 aromatic heterocycles. The van der Waals surface area contributed by atoms with Crippen LogP contribution in [0.5, 0.6) is 5.75 Å². The van der Waals surface area contributed by atoms with Crippen molar-refractivity contribution in [3.05, 3.63) is 46.2 Å². The number of carbonyl (C=O) groups excluding carboxylic acids is 1. The van der Waals surface area contributed by atoms with Gasteiger partial charge in [-0.2, -0.15) is 0 Å². The molecule has 0 aliphatic heterocycles. The summed E-state index contributed by atoms with van der Waals surface area (Å²) in [5.74, 6) is 0.580. The quantitative estimate of drug-likeness (QED) is 0.831. The Balaban J connectivity index is 1.98. The first kappa shape index (κ1) is 12.4. The molecule has 0 spiro atoms. The molecule has 0 saturated carbocycles. The predicted molar refractivity (Wildman–Crippen MR) is 72.9 cm³/mol. The van der Waals surface area contributed by atoms with Gasteiger partial charge in [-0.05, 0) is 11.6 Å². The van der Waals surface area contributed by atoms with Crippen LogP contribution in [0.1, 0.15) is 15.2 Å². The molecule has 2 rings (SSSR count). The maximum atomic E-state index is 11.9. The van der Waals surface area contributed by atoms with Crippen molar-refractivity contribution in [2.45, 2.75) is 6.54 Å². The number of hydrogen-bond acceptors (Lipinski definition) is 4. The summed E-state index contributed by atoms with van der Waals surface area (Å²) < 4.78 is 5.04. The average molecular weight is 262 g/mol. The lowest BCUT2D eigenvalue weighted by Gasteiger charge is -2.06. The lowest BCUT2D eigenvalue weighted by Crippen LogP contribution is -2.22. The van der Waals surface area contributed by atoms with Crippen molar-refractivity contribution in [3.8, 4) is 5.75 Å². The molecular weight excluding hydrogens is 248 g/mol. The zero-order chi connectivity index (χ0) is 13.0. The predicted octanol–water partition coefficient (Wildman–Crippen LogP) is 2.27. The number of nitrogen functional groups attached to an aromatic ring is 1. The van der Waals surface area contributed by atoms with Gasteiger partial charge in [0.1, 0.15) is 5.75 Å². The highest BCUT2D eigenvalue weighted by Crippen LogP contribution is 2.21. The maximum Gasteiger partial charge on any atom is 0.261 e. The van der Waals surface area contributed by atoms with E-state index in [-0.39, 0.29) is 5.91 Å². The molecule has 94 valence electrons. The average Bonchev–Trinajstić information content (AvgIpc) is 2.86. The van der Waals surface area contributed by atoms with Crippen LogP contribution in [0.4, 0.5) is 5.69 Å². The van der Waals surface area contributed by atoms with Crippen LogP contribution in [0.3, 0.4) is 0 Å². The molecule has 3 N–H and O–H groups in total. The zero-order valence-electron chi connectivity index (χ0n) is 9.97. The molecule has 4 nitrogen and oxygen atoms in total. The van der Waals surface area contributed by atoms with Gasteiger partial charge in [0.05, 0.1) is 12.0 Å². The molecule has 0 bridgehead atoms. The third-order valence-electron chi connectivity index (χ3n) is 2.53. The third kappa shape index (κ3) is 2.81. The summed E-state index contributed by atoms with van der Waals surface area (Å²) in [4.78, 5) is 12.5. The van der Waals surface area contributed by atoms with Gasteiger partial charge in [0.25, 0.3) is 5.91 Å². The van der Waals surface area contributed by atoms with Crippen molar-refractivity contribution in [1.82, 2.24) is 5.32 Å². The summed E-state index contributed by atoms with van der Waals surface area (Å²) in [5, 5.41) is 4.63. The maximum absolute atomic E-state index is 11.9. The van der Waals surface area contributed by atoms with E-state index in [0.717, 1.165) is 5.56 Å². The van der Waals surface area contributed by atoms with Gasteiger partial charge in [0.15, 0.2) is 0 Å². The van der Waals surface area contributed by atoms with Crippen molar-refractivity contribution in [2.75, 3.05) is 12.8 Å². The second-order valence-corrected chi connectivity index (χ2v) is 4.64. The van der Waals surface area contributed by atoms with Crippen LogP contribution in [0, 0.1) is 0 Å². The summed E-state index contributed by atoms with van der Waals surface area (Å²) in [7, 11) is 1.58. The topological polar surface area (TPSA) is 64.3 Å². The number of benzene rings is 1. The number of nitrogens with two attached hydrogens (primary N) is 1. The highest BCUT2D eigenvalue weighted by atomic mass is 32.1. The number of carbonyl (C=O) groups is 1. The summed E-state index contributed by atoms with van der Waals surface area (Å²) >= 11 is 1.35.